The number of allylic oxidation sites excluding steroid dienone is 1. The Kier molecular flexibility index (Phi) is 4.07. The Morgan fingerprint density at radius 1 is 1.60 bits per heavy atom. The van der Waals surface area contributed by atoms with Crippen LogP contribution in [0.25, 0.3) is 6.08 Å². The molecule has 0 atom stereocenters. The number of halogens is 1. The van der Waals surface area contributed by atoms with Gasteiger partial charge in [-0.1, -0.05) is 22.0 Å². The van der Waals surface area contributed by atoms with Gasteiger partial charge >= 0.3 is 5.97 Å². The Bertz CT molecular complexity index is 446. The lowest BCUT2D eigenvalue weighted by Gasteiger charge is -2.02. The second-order valence-corrected chi connectivity index (χ2v) is 3.54. The van der Waals surface area contributed by atoms with Gasteiger partial charge in [0.1, 0.15) is 0 Å². The van der Waals surface area contributed by atoms with E-state index in [-0.39, 0.29) is 5.97 Å². The summed E-state index contributed by atoms with van der Waals surface area (Å²) in [6.45, 7) is 0. The summed E-state index contributed by atoms with van der Waals surface area (Å²) >= 11 is 3.31. The molecule has 0 radical (unpaired) electrons. The van der Waals surface area contributed by atoms with Crippen LogP contribution in [-0.2, 0) is 4.74 Å². The normalized spacial score (nSPS) is 9.93. The van der Waals surface area contributed by atoms with Crippen LogP contribution in [0.3, 0.4) is 0 Å². The first-order valence-electron chi connectivity index (χ1n) is 4.13. The number of nitriles is 1. The molecule has 0 heterocycles. The predicted octanol–water partition coefficient (Wildman–Crippen LogP) is 2.77. The molecule has 0 aliphatic heterocycles. The van der Waals surface area contributed by atoms with Crippen LogP contribution in [0.1, 0.15) is 15.9 Å². The van der Waals surface area contributed by atoms with E-state index in [0.29, 0.717) is 5.56 Å². The maximum absolute atomic E-state index is 11.2. The van der Waals surface area contributed by atoms with Crippen molar-refractivity contribution in [1.29, 1.82) is 5.26 Å². The van der Waals surface area contributed by atoms with Crippen LogP contribution in [0.15, 0.2) is 28.7 Å². The third kappa shape index (κ3) is 2.93. The number of carbonyl (C=O) groups is 1. The molecule has 0 aliphatic carbocycles. The highest BCUT2D eigenvalue weighted by molar-refractivity contribution is 9.10. The number of esters is 1. The quantitative estimate of drug-likeness (QED) is 0.610. The molecule has 0 aromatic heterocycles. The molecule has 0 spiro atoms. The van der Waals surface area contributed by atoms with Gasteiger partial charge in [0.15, 0.2) is 0 Å². The number of carbonyl (C=O) groups excluding carboxylic acids is 1. The molecule has 0 saturated heterocycles. The van der Waals surface area contributed by atoms with Crippen LogP contribution in [0.5, 0.6) is 0 Å². The lowest BCUT2D eigenvalue weighted by Crippen LogP contribution is -2.00. The van der Waals surface area contributed by atoms with E-state index < -0.39 is 0 Å². The maximum Gasteiger partial charge on any atom is 0.337 e. The van der Waals surface area contributed by atoms with E-state index in [1.807, 2.05) is 6.07 Å². The number of hydrogen-bond donors (Lipinski definition) is 0. The lowest BCUT2D eigenvalue weighted by atomic mass is 10.1. The Morgan fingerprint density at radius 3 is 2.87 bits per heavy atom. The van der Waals surface area contributed by atoms with E-state index in [4.69, 9.17) is 5.26 Å². The van der Waals surface area contributed by atoms with Crippen LogP contribution in [0.4, 0.5) is 0 Å². The first-order valence-corrected chi connectivity index (χ1v) is 4.92. The molecule has 1 rings (SSSR count). The Hall–Kier alpha value is -1.60. The zero-order valence-corrected chi connectivity index (χ0v) is 9.61. The molecule has 0 saturated carbocycles. The number of hydrogen-bond acceptors (Lipinski definition) is 3. The third-order valence-electron chi connectivity index (χ3n) is 1.76. The van der Waals surface area contributed by atoms with E-state index in [2.05, 4.69) is 20.7 Å². The Morgan fingerprint density at radius 2 is 2.33 bits per heavy atom. The molecule has 1 aromatic carbocycles. The molecule has 0 bridgehead atoms. The summed E-state index contributed by atoms with van der Waals surface area (Å²) in [5, 5.41) is 8.37. The van der Waals surface area contributed by atoms with Crippen molar-refractivity contribution in [3.63, 3.8) is 0 Å². The highest BCUT2D eigenvalue weighted by Gasteiger charge is 2.06. The van der Waals surface area contributed by atoms with E-state index in [1.165, 1.54) is 13.2 Å². The number of benzene rings is 1. The first kappa shape index (κ1) is 11.5. The lowest BCUT2D eigenvalue weighted by molar-refractivity contribution is 0.0600. The van der Waals surface area contributed by atoms with Gasteiger partial charge in [0, 0.05) is 10.5 Å². The van der Waals surface area contributed by atoms with Gasteiger partial charge in [0.25, 0.3) is 0 Å². The van der Waals surface area contributed by atoms with Crippen molar-refractivity contribution < 1.29 is 9.53 Å². The number of nitrogens with zero attached hydrogens (tertiary/aromatic N) is 1. The number of ether oxygens (including phenoxy) is 1. The standard InChI is InChI=1S/C11H8BrNO2/c1-15-11(14)9-5-4-8(3-2-6-13)10(12)7-9/h2-5,7H,1H3. The molecule has 0 amide bonds. The van der Waals surface area contributed by atoms with Gasteiger partial charge in [-0.25, -0.2) is 4.79 Å². The van der Waals surface area contributed by atoms with E-state index in [0.717, 1.165) is 10.0 Å². The summed E-state index contributed by atoms with van der Waals surface area (Å²) < 4.78 is 5.33. The Balaban J connectivity index is 3.04. The molecule has 0 N–H and O–H groups in total. The Labute approximate surface area is 96.1 Å². The molecule has 76 valence electrons. The van der Waals surface area contributed by atoms with Gasteiger partial charge < -0.3 is 4.74 Å². The molecule has 15 heavy (non-hydrogen) atoms. The second-order valence-electron chi connectivity index (χ2n) is 2.69. The minimum atomic E-state index is -0.383. The zero-order chi connectivity index (χ0) is 11.3. The second kappa shape index (κ2) is 5.32. The van der Waals surface area contributed by atoms with Gasteiger partial charge in [-0.05, 0) is 23.8 Å². The smallest absolute Gasteiger partial charge is 0.337 e. The first-order chi connectivity index (χ1) is 7.19. The summed E-state index contributed by atoms with van der Waals surface area (Å²) in [5.41, 5.74) is 1.31. The average molecular weight is 266 g/mol. The topological polar surface area (TPSA) is 50.1 Å². The molecule has 1 aromatic rings. The van der Waals surface area contributed by atoms with Gasteiger partial charge in [0.2, 0.25) is 0 Å². The largest absolute Gasteiger partial charge is 0.465 e. The summed E-state index contributed by atoms with van der Waals surface area (Å²) in [7, 11) is 1.33. The summed E-state index contributed by atoms with van der Waals surface area (Å²) in [6.07, 6.45) is 3.03. The summed E-state index contributed by atoms with van der Waals surface area (Å²) in [6, 6.07) is 6.94. The van der Waals surface area contributed by atoms with Crippen LogP contribution >= 0.6 is 15.9 Å². The fourth-order valence-electron chi connectivity index (χ4n) is 1.03. The van der Waals surface area contributed by atoms with Crippen LogP contribution < -0.4 is 0 Å². The summed E-state index contributed by atoms with van der Waals surface area (Å²) in [5.74, 6) is -0.383. The van der Waals surface area contributed by atoms with Gasteiger partial charge in [0.05, 0.1) is 18.7 Å². The van der Waals surface area contributed by atoms with Crippen molar-refractivity contribution in [3.05, 3.63) is 39.9 Å². The van der Waals surface area contributed by atoms with Crippen LogP contribution in [0, 0.1) is 11.3 Å². The van der Waals surface area contributed by atoms with Crippen LogP contribution in [0.2, 0.25) is 0 Å². The fraction of sp³-hybridized carbons (Fsp3) is 0.0909. The summed E-state index contributed by atoms with van der Waals surface area (Å²) in [4.78, 5) is 11.2. The van der Waals surface area contributed by atoms with Crippen molar-refractivity contribution in [2.45, 2.75) is 0 Å². The molecular weight excluding hydrogens is 258 g/mol. The molecule has 3 nitrogen and oxygen atoms in total. The molecular formula is C11H8BrNO2. The van der Waals surface area contributed by atoms with Crippen molar-refractivity contribution in [2.75, 3.05) is 7.11 Å². The zero-order valence-electron chi connectivity index (χ0n) is 8.03. The maximum atomic E-state index is 11.2. The van der Waals surface area contributed by atoms with Crippen molar-refractivity contribution in [1.82, 2.24) is 0 Å². The monoisotopic (exact) mass is 265 g/mol. The van der Waals surface area contributed by atoms with Gasteiger partial charge in [-0.3, -0.25) is 0 Å². The predicted molar refractivity (Wildman–Crippen MR) is 60.1 cm³/mol. The molecule has 4 heteroatoms. The van der Waals surface area contributed by atoms with Crippen molar-refractivity contribution in [3.8, 4) is 6.07 Å². The van der Waals surface area contributed by atoms with Gasteiger partial charge in [-0.15, -0.1) is 0 Å². The molecule has 0 aliphatic rings. The molecule has 0 fully saturated rings. The average Bonchev–Trinajstić information content (AvgIpc) is 2.26. The highest BCUT2D eigenvalue weighted by Crippen LogP contribution is 2.20. The van der Waals surface area contributed by atoms with Gasteiger partial charge in [-0.2, -0.15) is 5.26 Å². The van der Waals surface area contributed by atoms with Crippen molar-refractivity contribution in [2.24, 2.45) is 0 Å². The third-order valence-corrected chi connectivity index (χ3v) is 2.45. The number of methoxy groups -OCH3 is 1. The minimum absolute atomic E-state index is 0.383. The van der Waals surface area contributed by atoms with E-state index in [1.54, 1.807) is 24.3 Å². The van der Waals surface area contributed by atoms with E-state index >= 15 is 0 Å². The molecule has 0 unspecified atom stereocenters. The minimum Gasteiger partial charge on any atom is -0.465 e. The van der Waals surface area contributed by atoms with Crippen LogP contribution in [-0.4, -0.2) is 13.1 Å². The SMILES string of the molecule is COC(=O)c1ccc(C=CC#N)c(Br)c1. The fourth-order valence-corrected chi connectivity index (χ4v) is 1.55. The van der Waals surface area contributed by atoms with E-state index in [9.17, 15) is 4.79 Å². The van der Waals surface area contributed by atoms with Crippen molar-refractivity contribution >= 4 is 28.0 Å². The highest BCUT2D eigenvalue weighted by atomic mass is 79.9. The number of rotatable bonds is 2.